The van der Waals surface area contributed by atoms with Gasteiger partial charge in [-0.05, 0) is 73.0 Å². The molecule has 0 amide bonds. The molecule has 9 atom stereocenters. The van der Waals surface area contributed by atoms with Crippen molar-refractivity contribution in [2.45, 2.75) is 64.6 Å². The highest BCUT2D eigenvalue weighted by Crippen LogP contribution is 2.66. The zero-order chi connectivity index (χ0) is 16.4. The van der Waals surface area contributed by atoms with E-state index in [0.717, 1.165) is 32.1 Å². The summed E-state index contributed by atoms with van der Waals surface area (Å²) in [5, 5.41) is 30.3. The molecule has 3 nitrogen and oxygen atoms in total. The monoisotopic (exact) mass is 315 g/mol. The first-order valence-corrected chi connectivity index (χ1v) is 9.35. The highest BCUT2D eigenvalue weighted by atomic mass is 16.3. The third kappa shape index (κ3) is 2.01. The van der Waals surface area contributed by atoms with Gasteiger partial charge < -0.3 is 10.2 Å². The summed E-state index contributed by atoms with van der Waals surface area (Å²) in [5.74, 6) is 2.08. The Hall–Kier alpha value is -0.850. The zero-order valence-corrected chi connectivity index (χ0v) is 14.3. The summed E-state index contributed by atoms with van der Waals surface area (Å²) in [5.41, 5.74) is 0.0969. The van der Waals surface area contributed by atoms with Crippen molar-refractivity contribution < 1.29 is 10.2 Å². The standard InChI is InChI=1S/C20H29NO2/c1-19-7-5-14(22)10-13(19)3-4-15-16(19)6-8-20(2)17(23)9-12(11-21)18(15)20/h5,7,12-18,22-23H,3-4,6,8-10H2,1-2H3/t12?,13?,14?,15-,16-,17?,18+,19+,20-/m1/s1. The summed E-state index contributed by atoms with van der Waals surface area (Å²) in [7, 11) is 0. The second kappa shape index (κ2) is 5.07. The highest BCUT2D eigenvalue weighted by Gasteiger charge is 2.62. The second-order valence-electron chi connectivity index (χ2n) is 9.13. The Kier molecular flexibility index (Phi) is 3.45. The van der Waals surface area contributed by atoms with Gasteiger partial charge in [0.25, 0.3) is 0 Å². The van der Waals surface area contributed by atoms with E-state index in [1.807, 2.05) is 6.08 Å². The number of nitriles is 1. The molecule has 4 aliphatic carbocycles. The molecule has 4 unspecified atom stereocenters. The first-order valence-electron chi connectivity index (χ1n) is 9.35. The van der Waals surface area contributed by atoms with Crippen LogP contribution in [0.2, 0.25) is 0 Å². The van der Waals surface area contributed by atoms with Crippen LogP contribution < -0.4 is 0 Å². The van der Waals surface area contributed by atoms with Gasteiger partial charge in [0.15, 0.2) is 0 Å². The average Bonchev–Trinajstić information content (AvgIpc) is 2.79. The molecule has 0 bridgehead atoms. The fourth-order valence-electron chi connectivity index (χ4n) is 7.00. The molecule has 126 valence electrons. The van der Waals surface area contributed by atoms with Gasteiger partial charge in [-0.15, -0.1) is 0 Å². The van der Waals surface area contributed by atoms with Gasteiger partial charge in [-0.3, -0.25) is 0 Å². The van der Waals surface area contributed by atoms with Crippen LogP contribution in [0.15, 0.2) is 12.2 Å². The van der Waals surface area contributed by atoms with E-state index in [0.29, 0.717) is 30.1 Å². The average molecular weight is 315 g/mol. The Bertz CT molecular complexity index is 566. The minimum absolute atomic E-state index is 0.0149. The maximum absolute atomic E-state index is 10.6. The maximum Gasteiger partial charge on any atom is 0.0724 e. The summed E-state index contributed by atoms with van der Waals surface area (Å²) < 4.78 is 0. The molecule has 0 aromatic heterocycles. The van der Waals surface area contributed by atoms with Gasteiger partial charge in [0, 0.05) is 0 Å². The molecule has 0 radical (unpaired) electrons. The number of allylic oxidation sites excluding steroid dienone is 1. The fraction of sp³-hybridized carbons (Fsp3) is 0.850. The Labute approximate surface area is 139 Å². The van der Waals surface area contributed by atoms with Crippen molar-refractivity contribution >= 4 is 0 Å². The van der Waals surface area contributed by atoms with Crippen molar-refractivity contribution in [3.63, 3.8) is 0 Å². The van der Waals surface area contributed by atoms with E-state index in [4.69, 9.17) is 0 Å². The van der Waals surface area contributed by atoms with Crippen LogP contribution in [0.4, 0.5) is 0 Å². The molecule has 0 spiro atoms. The van der Waals surface area contributed by atoms with E-state index in [-0.39, 0.29) is 29.0 Å². The van der Waals surface area contributed by atoms with Crippen LogP contribution in [0, 0.1) is 51.8 Å². The van der Waals surface area contributed by atoms with E-state index < -0.39 is 0 Å². The van der Waals surface area contributed by atoms with Gasteiger partial charge >= 0.3 is 0 Å². The molecule has 23 heavy (non-hydrogen) atoms. The molecule has 4 rings (SSSR count). The number of nitrogens with zero attached hydrogens (tertiary/aromatic N) is 1. The molecule has 0 aromatic rings. The van der Waals surface area contributed by atoms with E-state index in [9.17, 15) is 15.5 Å². The predicted molar refractivity (Wildman–Crippen MR) is 88.1 cm³/mol. The van der Waals surface area contributed by atoms with Gasteiger partial charge in [-0.1, -0.05) is 26.0 Å². The molecule has 0 saturated heterocycles. The lowest BCUT2D eigenvalue weighted by atomic mass is 9.45. The molecule has 0 heterocycles. The van der Waals surface area contributed by atoms with E-state index in [1.165, 1.54) is 0 Å². The second-order valence-corrected chi connectivity index (χ2v) is 9.13. The number of aliphatic hydroxyl groups excluding tert-OH is 2. The van der Waals surface area contributed by atoms with Crippen molar-refractivity contribution in [2.75, 3.05) is 0 Å². The van der Waals surface area contributed by atoms with Crippen LogP contribution in [0.5, 0.6) is 0 Å². The number of aliphatic hydroxyl groups is 2. The molecular formula is C20H29NO2. The van der Waals surface area contributed by atoms with Crippen molar-refractivity contribution in [1.29, 1.82) is 5.26 Å². The Morgan fingerprint density at radius 3 is 2.65 bits per heavy atom. The largest absolute Gasteiger partial charge is 0.393 e. The minimum Gasteiger partial charge on any atom is -0.393 e. The minimum atomic E-state index is -0.313. The molecule has 0 aliphatic heterocycles. The van der Waals surface area contributed by atoms with E-state index >= 15 is 0 Å². The Morgan fingerprint density at radius 1 is 1.13 bits per heavy atom. The lowest BCUT2D eigenvalue weighted by Gasteiger charge is -2.59. The summed E-state index contributed by atoms with van der Waals surface area (Å²) in [6.07, 6.45) is 9.76. The molecule has 2 N–H and O–H groups in total. The van der Waals surface area contributed by atoms with Crippen LogP contribution in [0.25, 0.3) is 0 Å². The molecule has 4 aliphatic rings. The lowest BCUT2D eigenvalue weighted by molar-refractivity contribution is -0.104. The number of hydrogen-bond acceptors (Lipinski definition) is 3. The van der Waals surface area contributed by atoms with Gasteiger partial charge in [0.05, 0.1) is 24.2 Å². The van der Waals surface area contributed by atoms with Crippen LogP contribution in [-0.2, 0) is 0 Å². The van der Waals surface area contributed by atoms with Gasteiger partial charge in [0.1, 0.15) is 0 Å². The molecule has 3 heteroatoms. The SMILES string of the molecule is C[C@]12C=CC(O)CC1CC[C@@H]1[C@H]2CC[C@]2(C)C(O)CC(C#N)[C@@H]12. The quantitative estimate of drug-likeness (QED) is 0.674. The maximum atomic E-state index is 10.6. The third-order valence-corrected chi connectivity index (χ3v) is 8.30. The van der Waals surface area contributed by atoms with Crippen molar-refractivity contribution in [1.82, 2.24) is 0 Å². The molecule has 3 saturated carbocycles. The van der Waals surface area contributed by atoms with Crippen LogP contribution in [-0.4, -0.2) is 22.4 Å². The van der Waals surface area contributed by atoms with Crippen LogP contribution >= 0.6 is 0 Å². The van der Waals surface area contributed by atoms with E-state index in [2.05, 4.69) is 26.0 Å². The molecule has 3 fully saturated rings. The van der Waals surface area contributed by atoms with Crippen LogP contribution in [0.1, 0.15) is 52.4 Å². The fourth-order valence-corrected chi connectivity index (χ4v) is 7.00. The molecular weight excluding hydrogens is 286 g/mol. The first-order chi connectivity index (χ1) is 10.9. The summed E-state index contributed by atoms with van der Waals surface area (Å²) in [4.78, 5) is 0. The van der Waals surface area contributed by atoms with Gasteiger partial charge in [0.2, 0.25) is 0 Å². The van der Waals surface area contributed by atoms with Crippen molar-refractivity contribution in [2.24, 2.45) is 40.4 Å². The molecule has 0 aromatic carbocycles. The predicted octanol–water partition coefficient (Wildman–Crippen LogP) is 3.28. The van der Waals surface area contributed by atoms with Gasteiger partial charge in [-0.2, -0.15) is 5.26 Å². The first kappa shape index (κ1) is 15.7. The smallest absolute Gasteiger partial charge is 0.0724 e. The summed E-state index contributed by atoms with van der Waals surface area (Å²) in [6.45, 7) is 4.61. The van der Waals surface area contributed by atoms with E-state index in [1.54, 1.807) is 0 Å². The number of fused-ring (bicyclic) bond motifs is 5. The lowest BCUT2D eigenvalue weighted by Crippen LogP contribution is -2.54. The normalized spacial score (nSPS) is 58.0. The third-order valence-electron chi connectivity index (χ3n) is 8.30. The number of rotatable bonds is 0. The van der Waals surface area contributed by atoms with Crippen LogP contribution in [0.3, 0.4) is 0 Å². The Morgan fingerprint density at radius 2 is 1.91 bits per heavy atom. The zero-order valence-electron chi connectivity index (χ0n) is 14.3. The summed E-state index contributed by atoms with van der Waals surface area (Å²) in [6, 6.07) is 2.53. The topological polar surface area (TPSA) is 64.2 Å². The Balaban J connectivity index is 1.71. The van der Waals surface area contributed by atoms with Crippen molar-refractivity contribution in [3.8, 4) is 6.07 Å². The highest BCUT2D eigenvalue weighted by molar-refractivity contribution is 5.19. The summed E-state index contributed by atoms with van der Waals surface area (Å²) >= 11 is 0. The van der Waals surface area contributed by atoms with Gasteiger partial charge in [-0.25, -0.2) is 0 Å². The number of hydrogen-bond donors (Lipinski definition) is 2. The van der Waals surface area contributed by atoms with Crippen molar-refractivity contribution in [3.05, 3.63) is 12.2 Å².